The van der Waals surface area contributed by atoms with Gasteiger partial charge in [-0.25, -0.2) is 0 Å². The summed E-state index contributed by atoms with van der Waals surface area (Å²) in [5, 5.41) is 20.3. The predicted molar refractivity (Wildman–Crippen MR) is 72.8 cm³/mol. The molecule has 0 radical (unpaired) electrons. The standard InChI is InChI=1S/2C7H4F3NO3.2Na/c2*8-7(9,10)4-2-1-3(6(13)14)5(12)11-4;;/h2*1-2H,(H,11,12)(H,13,14);;/q;;2*+1/p-2. The Hall–Kier alpha value is -1.58. The van der Waals surface area contributed by atoms with Gasteiger partial charge in [-0.2, -0.15) is 26.3 Å². The maximum absolute atomic E-state index is 12.0. The van der Waals surface area contributed by atoms with Crippen molar-refractivity contribution in [1.29, 1.82) is 0 Å². The molecular weight excluding hydrogens is 452 g/mol. The number of H-pyrrole nitrogens is 2. The number of carboxylic acid groups (broad SMARTS) is 2. The molecule has 0 amide bonds. The van der Waals surface area contributed by atoms with E-state index in [4.69, 9.17) is 0 Å². The molecule has 8 nitrogen and oxygen atoms in total. The van der Waals surface area contributed by atoms with Crippen LogP contribution in [0.5, 0.6) is 0 Å². The fourth-order valence-electron chi connectivity index (χ4n) is 1.60. The summed E-state index contributed by atoms with van der Waals surface area (Å²) in [6.45, 7) is 0. The Labute approximate surface area is 205 Å². The van der Waals surface area contributed by atoms with Crippen LogP contribution >= 0.6 is 0 Å². The Morgan fingerprint density at radius 1 is 0.667 bits per heavy atom. The summed E-state index contributed by atoms with van der Waals surface area (Å²) in [5.74, 6) is -3.64. The fraction of sp³-hybridized carbons (Fsp3) is 0.143. The van der Waals surface area contributed by atoms with Crippen molar-refractivity contribution in [2.45, 2.75) is 12.4 Å². The zero-order chi connectivity index (χ0) is 21.9. The number of halogens is 6. The number of carbonyl (C=O) groups excluding carboxylic acids is 2. The maximum Gasteiger partial charge on any atom is 1.00 e. The Balaban J connectivity index is 0. The van der Waals surface area contributed by atoms with Gasteiger partial charge < -0.3 is 29.8 Å². The van der Waals surface area contributed by atoms with Crippen LogP contribution in [-0.4, -0.2) is 21.9 Å². The first-order chi connectivity index (χ1) is 12.6. The first-order valence-corrected chi connectivity index (χ1v) is 6.68. The number of hydrogen-bond donors (Lipinski definition) is 2. The van der Waals surface area contributed by atoms with Crippen LogP contribution in [0.1, 0.15) is 32.1 Å². The van der Waals surface area contributed by atoms with Gasteiger partial charge in [-0.05, 0) is 24.3 Å². The van der Waals surface area contributed by atoms with Crippen LogP contribution in [0.25, 0.3) is 0 Å². The molecule has 0 bridgehead atoms. The van der Waals surface area contributed by atoms with E-state index in [2.05, 4.69) is 0 Å². The monoisotopic (exact) mass is 458 g/mol. The summed E-state index contributed by atoms with van der Waals surface area (Å²) < 4.78 is 71.8. The van der Waals surface area contributed by atoms with Gasteiger partial charge in [0, 0.05) is 0 Å². The number of carboxylic acids is 2. The van der Waals surface area contributed by atoms with Gasteiger partial charge in [-0.1, -0.05) is 0 Å². The van der Waals surface area contributed by atoms with E-state index in [1.165, 1.54) is 9.97 Å². The third-order valence-electron chi connectivity index (χ3n) is 2.87. The maximum atomic E-state index is 12.0. The van der Waals surface area contributed by atoms with E-state index in [1.54, 1.807) is 0 Å². The Kier molecular flexibility index (Phi) is 12.0. The van der Waals surface area contributed by atoms with Crippen molar-refractivity contribution >= 4 is 11.9 Å². The van der Waals surface area contributed by atoms with Crippen LogP contribution in [0.4, 0.5) is 26.3 Å². The van der Waals surface area contributed by atoms with E-state index in [0.717, 1.165) is 0 Å². The van der Waals surface area contributed by atoms with E-state index in [-0.39, 0.29) is 59.1 Å². The Morgan fingerprint density at radius 2 is 0.933 bits per heavy atom. The molecule has 0 atom stereocenters. The predicted octanol–water partition coefficient (Wildman–Crippen LogP) is -6.48. The number of aromatic carboxylic acids is 2. The van der Waals surface area contributed by atoms with Gasteiger partial charge >= 0.3 is 71.5 Å². The largest absolute Gasteiger partial charge is 1.00 e. The molecule has 152 valence electrons. The second-order valence-electron chi connectivity index (χ2n) is 4.80. The van der Waals surface area contributed by atoms with Gasteiger partial charge in [0.15, 0.2) is 0 Å². The van der Waals surface area contributed by atoms with Gasteiger partial charge in [-0.3, -0.25) is 9.59 Å². The molecule has 2 aromatic heterocycles. The summed E-state index contributed by atoms with van der Waals surface area (Å²) in [6, 6.07) is 2.03. The number of carbonyl (C=O) groups is 2. The smallest absolute Gasteiger partial charge is 0.545 e. The number of alkyl halides is 6. The molecule has 0 unspecified atom stereocenters. The molecule has 2 aromatic rings. The van der Waals surface area contributed by atoms with E-state index >= 15 is 0 Å². The summed E-state index contributed by atoms with van der Waals surface area (Å²) in [5.41, 5.74) is -6.93. The van der Waals surface area contributed by atoms with Gasteiger partial charge in [-0.15, -0.1) is 0 Å². The number of pyridine rings is 2. The Morgan fingerprint density at radius 3 is 1.10 bits per heavy atom. The molecule has 30 heavy (non-hydrogen) atoms. The molecule has 0 aliphatic heterocycles. The van der Waals surface area contributed by atoms with E-state index in [9.17, 15) is 55.7 Å². The third kappa shape index (κ3) is 8.65. The van der Waals surface area contributed by atoms with Crippen LogP contribution in [0, 0.1) is 0 Å². The molecule has 0 aromatic carbocycles. The quantitative estimate of drug-likeness (QED) is 0.338. The molecule has 0 saturated heterocycles. The molecule has 0 saturated carbocycles. The Bertz CT molecular complexity index is 934. The minimum Gasteiger partial charge on any atom is -0.545 e. The number of rotatable bonds is 2. The molecule has 0 fully saturated rings. The summed E-state index contributed by atoms with van der Waals surface area (Å²) in [7, 11) is 0. The van der Waals surface area contributed by atoms with Crippen LogP contribution in [0.2, 0.25) is 0 Å². The van der Waals surface area contributed by atoms with Crippen molar-refractivity contribution in [3.63, 3.8) is 0 Å². The van der Waals surface area contributed by atoms with Crippen LogP contribution in [0.15, 0.2) is 33.9 Å². The second-order valence-corrected chi connectivity index (χ2v) is 4.80. The van der Waals surface area contributed by atoms with Crippen molar-refractivity contribution < 1.29 is 105 Å². The molecular formula is C14H6F6N2Na2O6. The number of aromatic amines is 2. The van der Waals surface area contributed by atoms with Crippen molar-refractivity contribution in [3.05, 3.63) is 67.5 Å². The number of hydrogen-bond acceptors (Lipinski definition) is 6. The number of aromatic nitrogens is 2. The normalized spacial score (nSPS) is 10.6. The van der Waals surface area contributed by atoms with Gasteiger partial charge in [0.05, 0.1) is 23.1 Å². The minimum atomic E-state index is -4.70. The average Bonchev–Trinajstić information content (AvgIpc) is 2.52. The SMILES string of the molecule is O=C([O-])c1ccc(C(F)(F)F)[nH]c1=O.O=C([O-])c1ccc(C(F)(F)F)[nH]c1=O.[Na+].[Na+]. The van der Waals surface area contributed by atoms with Crippen molar-refractivity contribution in [2.75, 3.05) is 0 Å². The number of nitrogens with one attached hydrogen (secondary N) is 2. The molecule has 2 N–H and O–H groups in total. The van der Waals surface area contributed by atoms with Crippen LogP contribution in [0.3, 0.4) is 0 Å². The third-order valence-corrected chi connectivity index (χ3v) is 2.87. The van der Waals surface area contributed by atoms with Crippen molar-refractivity contribution in [2.24, 2.45) is 0 Å². The zero-order valence-electron chi connectivity index (χ0n) is 15.0. The van der Waals surface area contributed by atoms with Crippen molar-refractivity contribution in [3.8, 4) is 0 Å². The molecule has 0 aliphatic rings. The summed E-state index contributed by atoms with van der Waals surface area (Å²) in [6.07, 6.45) is -9.41. The van der Waals surface area contributed by atoms with Crippen molar-refractivity contribution in [1.82, 2.24) is 9.97 Å². The van der Waals surface area contributed by atoms with E-state index < -0.39 is 57.9 Å². The zero-order valence-corrected chi connectivity index (χ0v) is 19.0. The van der Waals surface area contributed by atoms with E-state index in [0.29, 0.717) is 24.3 Å². The van der Waals surface area contributed by atoms with Crippen LogP contribution < -0.4 is 80.4 Å². The minimum absolute atomic E-state index is 0. The molecule has 0 spiro atoms. The van der Waals surface area contributed by atoms with Gasteiger partial charge in [0.2, 0.25) is 0 Å². The first kappa shape index (κ1) is 30.6. The molecule has 0 aliphatic carbocycles. The summed E-state index contributed by atoms with van der Waals surface area (Å²) in [4.78, 5) is 44.6. The topological polar surface area (TPSA) is 146 Å². The first-order valence-electron chi connectivity index (χ1n) is 6.68. The van der Waals surface area contributed by atoms with Gasteiger partial charge in [0.1, 0.15) is 11.4 Å². The molecule has 2 rings (SSSR count). The van der Waals surface area contributed by atoms with Crippen LogP contribution in [-0.2, 0) is 12.4 Å². The molecule has 16 heteroatoms. The molecule has 2 heterocycles. The van der Waals surface area contributed by atoms with Gasteiger partial charge in [0.25, 0.3) is 11.1 Å². The van der Waals surface area contributed by atoms with E-state index in [1.807, 2.05) is 0 Å². The second kappa shape index (κ2) is 11.7. The average molecular weight is 458 g/mol. The fourth-order valence-corrected chi connectivity index (χ4v) is 1.60. The summed E-state index contributed by atoms with van der Waals surface area (Å²) >= 11 is 0.